The van der Waals surface area contributed by atoms with Gasteiger partial charge in [-0.15, -0.1) is 0 Å². The average Bonchev–Trinajstić information content (AvgIpc) is 2.65. The van der Waals surface area contributed by atoms with Crippen molar-refractivity contribution in [2.45, 2.75) is 25.2 Å². The van der Waals surface area contributed by atoms with Crippen LogP contribution in [0.3, 0.4) is 0 Å². The van der Waals surface area contributed by atoms with E-state index < -0.39 is 59.1 Å². The van der Waals surface area contributed by atoms with Crippen molar-refractivity contribution in [3.8, 4) is 5.75 Å². The van der Waals surface area contributed by atoms with E-state index in [4.69, 9.17) is 5.11 Å². The van der Waals surface area contributed by atoms with Gasteiger partial charge in [-0.25, -0.2) is 13.2 Å². The summed E-state index contributed by atoms with van der Waals surface area (Å²) in [5, 5.41) is 8.97. The molecule has 2 aromatic carbocycles. The van der Waals surface area contributed by atoms with Gasteiger partial charge in [0.25, 0.3) is 0 Å². The molecule has 27 heavy (non-hydrogen) atoms. The van der Waals surface area contributed by atoms with Crippen molar-refractivity contribution in [2.24, 2.45) is 0 Å². The lowest BCUT2D eigenvalue weighted by Crippen LogP contribution is -2.15. The summed E-state index contributed by atoms with van der Waals surface area (Å²) in [5.74, 6) is -16.0. The van der Waals surface area contributed by atoms with Gasteiger partial charge in [0.05, 0.1) is 6.42 Å². The molecule has 0 aliphatic heterocycles. The maximum absolute atomic E-state index is 13.5. The second-order valence-corrected chi connectivity index (χ2v) is 5.62. The first-order valence-corrected chi connectivity index (χ1v) is 7.71. The molecule has 0 heterocycles. The predicted octanol–water partition coefficient (Wildman–Crippen LogP) is 4.33. The molecule has 0 fully saturated rings. The molecule has 0 aliphatic carbocycles. The van der Waals surface area contributed by atoms with E-state index in [-0.39, 0.29) is 12.8 Å². The number of carbonyl (C=O) groups is 2. The number of carboxylic acids is 1. The minimum absolute atomic E-state index is 0.0649. The lowest BCUT2D eigenvalue weighted by Gasteiger charge is -2.15. The Hall–Kier alpha value is -2.97. The number of hydrogen-bond donors (Lipinski definition) is 1. The van der Waals surface area contributed by atoms with Gasteiger partial charge in [-0.05, 0) is 17.9 Å². The third-order valence-electron chi connectivity index (χ3n) is 3.77. The van der Waals surface area contributed by atoms with Crippen LogP contribution in [0.2, 0.25) is 0 Å². The second-order valence-electron chi connectivity index (χ2n) is 5.62. The van der Waals surface area contributed by atoms with E-state index >= 15 is 0 Å². The summed E-state index contributed by atoms with van der Waals surface area (Å²) in [6.07, 6.45) is -0.878. The Balaban J connectivity index is 2.12. The number of halogens is 5. The molecule has 4 nitrogen and oxygen atoms in total. The first-order valence-electron chi connectivity index (χ1n) is 7.71. The molecular weight excluding hydrogens is 375 g/mol. The second kappa shape index (κ2) is 8.61. The fourth-order valence-electron chi connectivity index (χ4n) is 2.45. The lowest BCUT2D eigenvalue weighted by molar-refractivity contribution is -0.138. The van der Waals surface area contributed by atoms with E-state index in [1.54, 1.807) is 30.3 Å². The first kappa shape index (κ1) is 20.3. The number of rotatable bonds is 7. The van der Waals surface area contributed by atoms with Gasteiger partial charge in [-0.3, -0.25) is 9.59 Å². The zero-order valence-electron chi connectivity index (χ0n) is 13.6. The highest BCUT2D eigenvalue weighted by atomic mass is 19.2. The average molecular weight is 388 g/mol. The highest BCUT2D eigenvalue weighted by Crippen LogP contribution is 2.30. The van der Waals surface area contributed by atoms with Crippen LogP contribution in [-0.4, -0.2) is 17.0 Å². The van der Waals surface area contributed by atoms with Crippen LogP contribution in [0, 0.1) is 29.1 Å². The van der Waals surface area contributed by atoms with Crippen LogP contribution < -0.4 is 4.74 Å². The van der Waals surface area contributed by atoms with Gasteiger partial charge in [-0.1, -0.05) is 30.3 Å². The van der Waals surface area contributed by atoms with Crippen LogP contribution in [0.15, 0.2) is 30.3 Å². The van der Waals surface area contributed by atoms with Gasteiger partial charge in [0.2, 0.25) is 34.8 Å². The van der Waals surface area contributed by atoms with E-state index in [1.165, 1.54) is 0 Å². The summed E-state index contributed by atoms with van der Waals surface area (Å²) < 4.78 is 70.5. The molecule has 1 unspecified atom stereocenters. The lowest BCUT2D eigenvalue weighted by atomic mass is 9.91. The Morgan fingerprint density at radius 2 is 1.41 bits per heavy atom. The molecule has 0 amide bonds. The minimum Gasteiger partial charge on any atom is -0.481 e. The van der Waals surface area contributed by atoms with E-state index in [1.807, 2.05) is 0 Å². The summed E-state index contributed by atoms with van der Waals surface area (Å²) >= 11 is 0. The summed E-state index contributed by atoms with van der Waals surface area (Å²) in [6.45, 7) is 0. The number of ether oxygens (including phenoxy) is 1. The van der Waals surface area contributed by atoms with Gasteiger partial charge < -0.3 is 9.84 Å². The van der Waals surface area contributed by atoms with E-state index in [0.717, 1.165) is 0 Å². The number of carboxylic acid groups (broad SMARTS) is 1. The first-order chi connectivity index (χ1) is 12.7. The maximum atomic E-state index is 13.5. The fourth-order valence-corrected chi connectivity index (χ4v) is 2.45. The standard InChI is InChI=1S/C18H13F5O4/c19-13-14(20)16(22)18(17(23)15(13)21)27-12(26)7-6-10(8-11(24)25)9-4-2-1-3-5-9/h1-5,10H,6-8H2,(H,24,25). The van der Waals surface area contributed by atoms with Gasteiger partial charge in [0, 0.05) is 6.42 Å². The molecule has 0 saturated heterocycles. The number of esters is 1. The van der Waals surface area contributed by atoms with Gasteiger partial charge in [-0.2, -0.15) is 8.78 Å². The summed E-state index contributed by atoms with van der Waals surface area (Å²) in [5.41, 5.74) is 0.615. The SMILES string of the molecule is O=C(O)CC(CCC(=O)Oc1c(F)c(F)c(F)c(F)c1F)c1ccccc1. The van der Waals surface area contributed by atoms with Crippen molar-refractivity contribution < 1.29 is 41.4 Å². The molecule has 0 spiro atoms. The highest BCUT2D eigenvalue weighted by molar-refractivity contribution is 5.73. The number of aliphatic carboxylic acids is 1. The zero-order valence-corrected chi connectivity index (χ0v) is 13.6. The molecule has 1 atom stereocenters. The van der Waals surface area contributed by atoms with Crippen LogP contribution in [-0.2, 0) is 9.59 Å². The van der Waals surface area contributed by atoms with Crippen molar-refractivity contribution in [2.75, 3.05) is 0 Å². The Bertz CT molecular complexity index is 826. The topological polar surface area (TPSA) is 63.6 Å². The Labute approximate surface area is 150 Å². The number of benzene rings is 2. The van der Waals surface area contributed by atoms with Gasteiger partial charge >= 0.3 is 11.9 Å². The van der Waals surface area contributed by atoms with Crippen LogP contribution in [0.4, 0.5) is 22.0 Å². The molecule has 0 aliphatic rings. The quantitative estimate of drug-likeness (QED) is 0.252. The monoisotopic (exact) mass is 388 g/mol. The summed E-state index contributed by atoms with van der Waals surface area (Å²) in [4.78, 5) is 22.8. The van der Waals surface area contributed by atoms with Crippen molar-refractivity contribution in [3.63, 3.8) is 0 Å². The molecule has 1 N–H and O–H groups in total. The Kier molecular flexibility index (Phi) is 6.49. The third-order valence-corrected chi connectivity index (χ3v) is 3.77. The predicted molar refractivity (Wildman–Crippen MR) is 82.5 cm³/mol. The summed E-state index contributed by atoms with van der Waals surface area (Å²) in [6, 6.07) is 8.32. The zero-order chi connectivity index (χ0) is 20.1. The number of hydrogen-bond acceptors (Lipinski definition) is 3. The molecule has 0 bridgehead atoms. The molecule has 9 heteroatoms. The molecule has 2 rings (SSSR count). The number of carbonyl (C=O) groups excluding carboxylic acids is 1. The minimum atomic E-state index is -2.37. The fraction of sp³-hybridized carbons (Fsp3) is 0.222. The van der Waals surface area contributed by atoms with Crippen molar-refractivity contribution in [3.05, 3.63) is 65.0 Å². The van der Waals surface area contributed by atoms with Crippen LogP contribution in [0.25, 0.3) is 0 Å². The van der Waals surface area contributed by atoms with E-state index in [2.05, 4.69) is 4.74 Å². The Morgan fingerprint density at radius 3 is 1.93 bits per heavy atom. The van der Waals surface area contributed by atoms with Gasteiger partial charge in [0.15, 0.2) is 0 Å². The summed E-state index contributed by atoms with van der Waals surface area (Å²) in [7, 11) is 0. The van der Waals surface area contributed by atoms with Crippen molar-refractivity contribution in [1.82, 2.24) is 0 Å². The normalized spacial score (nSPS) is 11.9. The molecule has 0 radical (unpaired) electrons. The van der Waals surface area contributed by atoms with Crippen molar-refractivity contribution in [1.29, 1.82) is 0 Å². The van der Waals surface area contributed by atoms with E-state index in [9.17, 15) is 31.5 Å². The van der Waals surface area contributed by atoms with Crippen molar-refractivity contribution >= 4 is 11.9 Å². The van der Waals surface area contributed by atoms with Crippen LogP contribution >= 0.6 is 0 Å². The Morgan fingerprint density at radius 1 is 0.889 bits per heavy atom. The van der Waals surface area contributed by atoms with E-state index in [0.29, 0.717) is 5.56 Å². The van der Waals surface area contributed by atoms with Crippen LogP contribution in [0.1, 0.15) is 30.7 Å². The molecule has 0 aromatic heterocycles. The molecule has 144 valence electrons. The molecular formula is C18H13F5O4. The van der Waals surface area contributed by atoms with Crippen LogP contribution in [0.5, 0.6) is 5.75 Å². The smallest absolute Gasteiger partial charge is 0.311 e. The van der Waals surface area contributed by atoms with Gasteiger partial charge in [0.1, 0.15) is 0 Å². The highest BCUT2D eigenvalue weighted by Gasteiger charge is 2.28. The largest absolute Gasteiger partial charge is 0.481 e. The maximum Gasteiger partial charge on any atom is 0.311 e. The third kappa shape index (κ3) is 4.81. The molecule has 2 aromatic rings. The molecule has 0 saturated carbocycles.